The Hall–Kier alpha value is -1.55. The van der Waals surface area contributed by atoms with Crippen LogP contribution in [-0.4, -0.2) is 11.8 Å². The fourth-order valence-corrected chi connectivity index (χ4v) is 2.69. The molecular formula is C19H29ClN2O2. The van der Waals surface area contributed by atoms with Crippen molar-refractivity contribution in [2.75, 3.05) is 5.32 Å². The van der Waals surface area contributed by atoms with Gasteiger partial charge >= 0.3 is 0 Å². The van der Waals surface area contributed by atoms with Crippen LogP contribution in [0.3, 0.4) is 0 Å². The van der Waals surface area contributed by atoms with Gasteiger partial charge in [-0.1, -0.05) is 58.2 Å². The topological polar surface area (TPSA) is 58.2 Å². The van der Waals surface area contributed by atoms with Gasteiger partial charge in [0.05, 0.1) is 10.7 Å². The number of rotatable bonds is 9. The SMILES string of the molecule is CCC[C@@H](C)C(=O)Nc1cc(CNC(=O)[C@@H](C)CCC)ccc1Cl. The van der Waals surface area contributed by atoms with Crippen LogP contribution in [0.2, 0.25) is 5.02 Å². The van der Waals surface area contributed by atoms with Crippen LogP contribution in [0.25, 0.3) is 0 Å². The molecule has 0 aliphatic heterocycles. The number of carbonyl (C=O) groups is 2. The molecule has 2 N–H and O–H groups in total. The minimum Gasteiger partial charge on any atom is -0.352 e. The zero-order valence-electron chi connectivity index (χ0n) is 15.1. The Bertz CT molecular complexity index is 560. The Morgan fingerprint density at radius 3 is 2.21 bits per heavy atom. The van der Waals surface area contributed by atoms with Crippen LogP contribution in [0.15, 0.2) is 18.2 Å². The van der Waals surface area contributed by atoms with Gasteiger partial charge in [0.25, 0.3) is 0 Å². The maximum absolute atomic E-state index is 12.2. The van der Waals surface area contributed by atoms with Gasteiger partial charge in [0.2, 0.25) is 11.8 Å². The van der Waals surface area contributed by atoms with Crippen LogP contribution in [-0.2, 0) is 16.1 Å². The van der Waals surface area contributed by atoms with Gasteiger partial charge in [0.1, 0.15) is 0 Å². The second-order valence-electron chi connectivity index (χ2n) is 6.40. The van der Waals surface area contributed by atoms with Crippen LogP contribution in [0, 0.1) is 11.8 Å². The Morgan fingerprint density at radius 1 is 1.04 bits per heavy atom. The summed E-state index contributed by atoms with van der Waals surface area (Å²) in [7, 11) is 0. The van der Waals surface area contributed by atoms with Gasteiger partial charge in [-0.05, 0) is 30.5 Å². The predicted octanol–water partition coefficient (Wildman–Crippen LogP) is 4.77. The van der Waals surface area contributed by atoms with Crippen molar-refractivity contribution in [3.05, 3.63) is 28.8 Å². The highest BCUT2D eigenvalue weighted by Crippen LogP contribution is 2.24. The summed E-state index contributed by atoms with van der Waals surface area (Å²) in [6.07, 6.45) is 3.67. The molecule has 0 aliphatic carbocycles. The summed E-state index contributed by atoms with van der Waals surface area (Å²) in [6.45, 7) is 8.39. The quantitative estimate of drug-likeness (QED) is 0.672. The van der Waals surface area contributed by atoms with Gasteiger partial charge in [0, 0.05) is 18.4 Å². The second kappa shape index (κ2) is 10.3. The van der Waals surface area contributed by atoms with Crippen molar-refractivity contribution in [3.63, 3.8) is 0 Å². The second-order valence-corrected chi connectivity index (χ2v) is 6.81. The molecule has 0 saturated carbocycles. The number of amides is 2. The molecule has 0 spiro atoms. The zero-order chi connectivity index (χ0) is 18.1. The Kier molecular flexibility index (Phi) is 8.83. The summed E-state index contributed by atoms with van der Waals surface area (Å²) in [5, 5.41) is 6.32. The molecule has 4 nitrogen and oxygen atoms in total. The molecule has 134 valence electrons. The predicted molar refractivity (Wildman–Crippen MR) is 100 cm³/mol. The van der Waals surface area contributed by atoms with E-state index in [1.54, 1.807) is 6.07 Å². The third-order valence-electron chi connectivity index (χ3n) is 4.09. The normalized spacial score (nSPS) is 13.2. The molecule has 2 amide bonds. The van der Waals surface area contributed by atoms with Crippen molar-refractivity contribution < 1.29 is 9.59 Å². The lowest BCUT2D eigenvalue weighted by Gasteiger charge is -2.14. The number of benzene rings is 1. The lowest BCUT2D eigenvalue weighted by molar-refractivity contribution is -0.125. The summed E-state index contributed by atoms with van der Waals surface area (Å²) in [5.41, 5.74) is 1.51. The first-order valence-electron chi connectivity index (χ1n) is 8.76. The van der Waals surface area contributed by atoms with Crippen molar-refractivity contribution in [2.45, 2.75) is 59.9 Å². The minimum atomic E-state index is -0.0516. The molecule has 0 radical (unpaired) electrons. The van der Waals surface area contributed by atoms with E-state index >= 15 is 0 Å². The van der Waals surface area contributed by atoms with Crippen LogP contribution < -0.4 is 10.6 Å². The van der Waals surface area contributed by atoms with E-state index in [1.807, 2.05) is 26.0 Å². The fraction of sp³-hybridized carbons (Fsp3) is 0.579. The largest absolute Gasteiger partial charge is 0.352 e. The van der Waals surface area contributed by atoms with Crippen LogP contribution >= 0.6 is 11.6 Å². The molecule has 0 unspecified atom stereocenters. The summed E-state index contributed by atoms with van der Waals surface area (Å²) in [4.78, 5) is 24.1. The first kappa shape index (κ1) is 20.5. The van der Waals surface area contributed by atoms with Crippen molar-refractivity contribution in [1.82, 2.24) is 5.32 Å². The van der Waals surface area contributed by atoms with E-state index in [9.17, 15) is 9.59 Å². The number of hydrogen-bond acceptors (Lipinski definition) is 2. The fourth-order valence-electron chi connectivity index (χ4n) is 2.53. The Labute approximate surface area is 150 Å². The first-order valence-corrected chi connectivity index (χ1v) is 9.13. The van der Waals surface area contributed by atoms with Crippen LogP contribution in [0.5, 0.6) is 0 Å². The molecule has 5 heteroatoms. The van der Waals surface area contributed by atoms with Crippen molar-refractivity contribution in [1.29, 1.82) is 0 Å². The van der Waals surface area contributed by atoms with E-state index in [2.05, 4.69) is 24.5 Å². The molecule has 2 atom stereocenters. The third kappa shape index (κ3) is 6.52. The summed E-state index contributed by atoms with van der Waals surface area (Å²) >= 11 is 6.17. The third-order valence-corrected chi connectivity index (χ3v) is 4.42. The highest BCUT2D eigenvalue weighted by Gasteiger charge is 2.14. The molecule has 0 heterocycles. The number of carbonyl (C=O) groups excluding carboxylic acids is 2. The van der Waals surface area contributed by atoms with E-state index in [1.165, 1.54) is 0 Å². The first-order chi connectivity index (χ1) is 11.4. The molecule has 0 aromatic heterocycles. The zero-order valence-corrected chi connectivity index (χ0v) is 15.9. The minimum absolute atomic E-state index is 0.0105. The smallest absolute Gasteiger partial charge is 0.227 e. The van der Waals surface area contributed by atoms with E-state index in [0.717, 1.165) is 31.2 Å². The van der Waals surface area contributed by atoms with E-state index < -0.39 is 0 Å². The number of hydrogen-bond donors (Lipinski definition) is 2. The van der Waals surface area contributed by atoms with Crippen molar-refractivity contribution in [3.8, 4) is 0 Å². The summed E-state index contributed by atoms with van der Waals surface area (Å²) in [6, 6.07) is 5.43. The maximum atomic E-state index is 12.2. The highest BCUT2D eigenvalue weighted by molar-refractivity contribution is 6.33. The molecule has 1 aromatic carbocycles. The van der Waals surface area contributed by atoms with Gasteiger partial charge < -0.3 is 10.6 Å². The van der Waals surface area contributed by atoms with Crippen molar-refractivity contribution in [2.24, 2.45) is 11.8 Å². The molecule has 0 bridgehead atoms. The molecule has 24 heavy (non-hydrogen) atoms. The molecule has 0 saturated heterocycles. The van der Waals surface area contributed by atoms with Crippen LogP contribution in [0.4, 0.5) is 5.69 Å². The Morgan fingerprint density at radius 2 is 1.62 bits per heavy atom. The highest BCUT2D eigenvalue weighted by atomic mass is 35.5. The average molecular weight is 353 g/mol. The lowest BCUT2D eigenvalue weighted by atomic mass is 10.0. The molecular weight excluding hydrogens is 324 g/mol. The number of anilines is 1. The standard InChI is InChI=1S/C19H29ClN2O2/c1-5-7-13(3)18(23)21-12-15-9-10-16(20)17(11-15)22-19(24)14(4)8-6-2/h9-11,13-14H,5-8,12H2,1-4H3,(H,21,23)(H,22,24)/t13-,14+/m0/s1. The number of halogens is 1. The van der Waals surface area contributed by atoms with Crippen LogP contribution in [0.1, 0.15) is 58.9 Å². The molecule has 1 aromatic rings. The van der Waals surface area contributed by atoms with E-state index in [4.69, 9.17) is 11.6 Å². The van der Waals surface area contributed by atoms with E-state index in [-0.39, 0.29) is 23.7 Å². The van der Waals surface area contributed by atoms with Gasteiger partial charge in [-0.15, -0.1) is 0 Å². The summed E-state index contributed by atoms with van der Waals surface area (Å²) < 4.78 is 0. The van der Waals surface area contributed by atoms with Gasteiger partial charge in [-0.2, -0.15) is 0 Å². The lowest BCUT2D eigenvalue weighted by Crippen LogP contribution is -2.28. The number of nitrogens with one attached hydrogen (secondary N) is 2. The van der Waals surface area contributed by atoms with Gasteiger partial charge in [-0.3, -0.25) is 9.59 Å². The summed E-state index contributed by atoms with van der Waals surface area (Å²) in [5.74, 6) is -0.0221. The maximum Gasteiger partial charge on any atom is 0.227 e. The van der Waals surface area contributed by atoms with E-state index in [0.29, 0.717) is 17.3 Å². The molecule has 0 fully saturated rings. The van der Waals surface area contributed by atoms with Gasteiger partial charge in [-0.25, -0.2) is 0 Å². The molecule has 0 aliphatic rings. The Balaban J connectivity index is 2.69. The van der Waals surface area contributed by atoms with Gasteiger partial charge in [0.15, 0.2) is 0 Å². The molecule has 1 rings (SSSR count). The van der Waals surface area contributed by atoms with Crippen molar-refractivity contribution >= 4 is 29.1 Å². The average Bonchev–Trinajstić information content (AvgIpc) is 2.55. The monoisotopic (exact) mass is 352 g/mol.